The molecule has 0 unspecified atom stereocenters. The van der Waals surface area contributed by atoms with Gasteiger partial charge in [0, 0.05) is 19.4 Å². The third kappa shape index (κ3) is 2.55. The van der Waals surface area contributed by atoms with Crippen molar-refractivity contribution in [2.24, 2.45) is 23.2 Å². The van der Waals surface area contributed by atoms with Crippen LogP contribution in [0.25, 0.3) is 0 Å². The van der Waals surface area contributed by atoms with Crippen molar-refractivity contribution in [3.8, 4) is 0 Å². The molecular weight excluding hydrogens is 344 g/mol. The first kappa shape index (κ1) is 20.7. The molecule has 0 aromatic rings. The van der Waals surface area contributed by atoms with Gasteiger partial charge < -0.3 is 20.1 Å². The molecule has 3 rings (SSSR count). The molecule has 5 heteroatoms. The Morgan fingerprint density at radius 2 is 1.96 bits per heavy atom. The van der Waals surface area contributed by atoms with Crippen LogP contribution in [-0.4, -0.2) is 51.6 Å². The number of rotatable bonds is 5. The van der Waals surface area contributed by atoms with Gasteiger partial charge in [0.15, 0.2) is 5.78 Å². The second-order valence-electron chi connectivity index (χ2n) is 9.53. The molecule has 152 valence electrons. The number of Topliss-reactive ketones (excluding diaryl/α,β-unsaturated/α-hetero) is 1. The largest absolute Gasteiger partial charge is 0.392 e. The Morgan fingerprint density at radius 3 is 2.48 bits per heavy atom. The lowest BCUT2D eigenvalue weighted by Crippen LogP contribution is -2.58. The summed E-state index contributed by atoms with van der Waals surface area (Å²) < 4.78 is 5.89. The highest BCUT2D eigenvalue weighted by Crippen LogP contribution is 2.73. The van der Waals surface area contributed by atoms with Crippen molar-refractivity contribution < 1.29 is 24.9 Å². The summed E-state index contributed by atoms with van der Waals surface area (Å²) in [7, 11) is 1.73. The molecule has 0 amide bonds. The minimum atomic E-state index is -1.72. The highest BCUT2D eigenvalue weighted by molar-refractivity contribution is 6.04. The number of methoxy groups -OCH3 is 1. The van der Waals surface area contributed by atoms with E-state index in [-0.39, 0.29) is 41.7 Å². The van der Waals surface area contributed by atoms with Crippen LogP contribution < -0.4 is 0 Å². The van der Waals surface area contributed by atoms with Crippen LogP contribution in [-0.2, 0) is 9.53 Å². The zero-order valence-corrected chi connectivity index (χ0v) is 17.4. The second-order valence-corrected chi connectivity index (χ2v) is 9.53. The summed E-state index contributed by atoms with van der Waals surface area (Å²) in [5.74, 6) is -0.992. The number of aliphatic hydroxyl groups is 3. The lowest BCUT2D eigenvalue weighted by molar-refractivity contribution is -0.168. The molecule has 3 aliphatic rings. The van der Waals surface area contributed by atoms with Gasteiger partial charge in [-0.25, -0.2) is 0 Å². The first-order chi connectivity index (χ1) is 12.4. The number of fused-ring (bicyclic) bond motifs is 1. The first-order valence-electron chi connectivity index (χ1n) is 9.92. The third-order valence-corrected chi connectivity index (χ3v) is 8.13. The van der Waals surface area contributed by atoms with E-state index in [1.807, 2.05) is 6.92 Å². The lowest BCUT2D eigenvalue weighted by atomic mass is 9.63. The van der Waals surface area contributed by atoms with Gasteiger partial charge in [0.2, 0.25) is 0 Å². The van der Waals surface area contributed by atoms with Gasteiger partial charge in [-0.2, -0.15) is 0 Å². The van der Waals surface area contributed by atoms with Crippen LogP contribution in [0.5, 0.6) is 0 Å². The number of hydrogen-bond donors (Lipinski definition) is 3. The molecule has 3 aliphatic carbocycles. The number of carbonyl (C=O) groups is 1. The summed E-state index contributed by atoms with van der Waals surface area (Å²) in [6.07, 6.45) is 4.70. The van der Waals surface area contributed by atoms with Gasteiger partial charge in [0.25, 0.3) is 0 Å². The molecule has 0 heterocycles. The van der Waals surface area contributed by atoms with Crippen LogP contribution in [0.2, 0.25) is 0 Å². The maximum Gasteiger partial charge on any atom is 0.190 e. The van der Waals surface area contributed by atoms with Crippen LogP contribution in [0.3, 0.4) is 0 Å². The molecule has 0 spiro atoms. The van der Waals surface area contributed by atoms with E-state index >= 15 is 0 Å². The summed E-state index contributed by atoms with van der Waals surface area (Å²) >= 11 is 0. The van der Waals surface area contributed by atoms with Crippen LogP contribution >= 0.6 is 0 Å². The fourth-order valence-corrected chi connectivity index (χ4v) is 6.12. The van der Waals surface area contributed by atoms with Crippen molar-refractivity contribution in [1.29, 1.82) is 0 Å². The summed E-state index contributed by atoms with van der Waals surface area (Å²) in [5, 5.41) is 32.8. The fourth-order valence-electron chi connectivity index (χ4n) is 6.12. The highest BCUT2D eigenvalue weighted by Gasteiger charge is 2.77. The smallest absolute Gasteiger partial charge is 0.190 e. The molecular formula is C22H34O5. The number of carbonyl (C=O) groups excluding carboxylic acids is 1. The van der Waals surface area contributed by atoms with Crippen molar-refractivity contribution in [2.45, 2.75) is 70.7 Å². The van der Waals surface area contributed by atoms with Crippen LogP contribution in [0, 0.1) is 23.2 Å². The maximum atomic E-state index is 12.9. The topological polar surface area (TPSA) is 87.0 Å². The van der Waals surface area contributed by atoms with E-state index in [0.717, 1.165) is 0 Å². The average molecular weight is 379 g/mol. The molecule has 6 atom stereocenters. The number of ketones is 1. The maximum absolute atomic E-state index is 12.9. The predicted molar refractivity (Wildman–Crippen MR) is 103 cm³/mol. The van der Waals surface area contributed by atoms with Crippen molar-refractivity contribution in [3.05, 3.63) is 23.3 Å². The molecule has 0 bridgehead atoms. The molecule has 0 aromatic carbocycles. The Balaban J connectivity index is 1.99. The van der Waals surface area contributed by atoms with Gasteiger partial charge in [-0.15, -0.1) is 0 Å². The molecule has 0 aliphatic heterocycles. The number of ether oxygens (including phenoxy) is 1. The normalized spacial score (nSPS) is 46.3. The van der Waals surface area contributed by atoms with E-state index in [9.17, 15) is 20.1 Å². The molecule has 5 nitrogen and oxygen atoms in total. The fraction of sp³-hybridized carbons (Fsp3) is 0.773. The van der Waals surface area contributed by atoms with Gasteiger partial charge in [-0.1, -0.05) is 32.9 Å². The number of aliphatic hydroxyl groups excluding tert-OH is 1. The Labute approximate surface area is 162 Å². The Hall–Kier alpha value is -1.01. The second kappa shape index (κ2) is 6.24. The molecule has 0 aromatic heterocycles. The van der Waals surface area contributed by atoms with E-state index in [2.05, 4.69) is 13.8 Å². The zero-order valence-electron chi connectivity index (χ0n) is 17.4. The van der Waals surface area contributed by atoms with Crippen LogP contribution in [0.4, 0.5) is 0 Å². The van der Waals surface area contributed by atoms with Gasteiger partial charge >= 0.3 is 0 Å². The van der Waals surface area contributed by atoms with Gasteiger partial charge in [0.05, 0.1) is 17.8 Å². The van der Waals surface area contributed by atoms with Gasteiger partial charge in [-0.3, -0.25) is 4.79 Å². The summed E-state index contributed by atoms with van der Waals surface area (Å²) in [4.78, 5) is 12.9. The predicted octanol–water partition coefficient (Wildman–Crippen LogP) is 2.39. The summed E-state index contributed by atoms with van der Waals surface area (Å²) in [5.41, 5.74) is -2.11. The zero-order chi connectivity index (χ0) is 20.4. The monoisotopic (exact) mass is 378 g/mol. The van der Waals surface area contributed by atoms with Crippen molar-refractivity contribution in [1.82, 2.24) is 0 Å². The molecule has 0 saturated heterocycles. The summed E-state index contributed by atoms with van der Waals surface area (Å²) in [6, 6.07) is 0. The SMILES string of the molecule is C/C=C(/CO)C[C@]1(O)C(=O)C(C)=C[C@H]1[C@]1(O)C[C@@H]2C(C)(C)[C@]2(OC)C[C@H]1C. The lowest BCUT2D eigenvalue weighted by Gasteiger charge is -2.48. The van der Waals surface area contributed by atoms with E-state index in [4.69, 9.17) is 4.74 Å². The van der Waals surface area contributed by atoms with E-state index in [1.165, 1.54) is 0 Å². The minimum absolute atomic E-state index is 0.0375. The van der Waals surface area contributed by atoms with E-state index in [0.29, 0.717) is 24.0 Å². The number of hydrogen-bond acceptors (Lipinski definition) is 5. The molecule has 27 heavy (non-hydrogen) atoms. The summed E-state index contributed by atoms with van der Waals surface area (Å²) in [6.45, 7) is 9.57. The van der Waals surface area contributed by atoms with Gasteiger partial charge in [-0.05, 0) is 55.1 Å². The van der Waals surface area contributed by atoms with Crippen LogP contribution in [0.1, 0.15) is 53.9 Å². The first-order valence-corrected chi connectivity index (χ1v) is 9.92. The Morgan fingerprint density at radius 1 is 1.33 bits per heavy atom. The average Bonchev–Trinajstić information content (AvgIpc) is 2.98. The van der Waals surface area contributed by atoms with Crippen molar-refractivity contribution in [3.63, 3.8) is 0 Å². The van der Waals surface area contributed by atoms with Crippen LogP contribution in [0.15, 0.2) is 23.3 Å². The van der Waals surface area contributed by atoms with Crippen molar-refractivity contribution >= 4 is 5.78 Å². The Bertz CT molecular complexity index is 707. The molecule has 2 fully saturated rings. The van der Waals surface area contributed by atoms with Crippen molar-refractivity contribution in [2.75, 3.05) is 13.7 Å². The van der Waals surface area contributed by atoms with Gasteiger partial charge in [0.1, 0.15) is 5.60 Å². The Kier molecular flexibility index (Phi) is 4.79. The van der Waals surface area contributed by atoms with E-state index in [1.54, 1.807) is 33.1 Å². The van der Waals surface area contributed by atoms with E-state index < -0.39 is 17.1 Å². The molecule has 3 N–H and O–H groups in total. The molecule has 0 radical (unpaired) electrons. The highest BCUT2D eigenvalue weighted by atomic mass is 16.5. The quantitative estimate of drug-likeness (QED) is 0.640. The molecule has 2 saturated carbocycles. The standard InChI is InChI=1S/C22H34O5/c1-7-15(12-23)10-21(26)16(8-13(2)18(21)24)20(25)11-17-19(4,5)22(17,27-6)9-14(20)3/h7-8,14,16-17,23,25-26H,9-12H2,1-6H3/b15-7+/t14-,16+,17-,20+,21-,22+/m1/s1. The minimum Gasteiger partial charge on any atom is -0.392 e. The number of allylic oxidation sites excluding steroid dienone is 1. The third-order valence-electron chi connectivity index (χ3n) is 8.13.